The SMILES string of the molecule is COc1ccc(C(=O)c2c(NC(=O)OCc3ccccc3)sc3c2CCC3)cc1. The molecule has 0 radical (unpaired) electrons. The Morgan fingerprint density at radius 1 is 1.03 bits per heavy atom. The number of ketones is 1. The number of carbonyl (C=O) groups is 2. The maximum Gasteiger partial charge on any atom is 0.412 e. The van der Waals surface area contributed by atoms with Gasteiger partial charge in [0.15, 0.2) is 5.78 Å². The van der Waals surface area contributed by atoms with Gasteiger partial charge in [0.05, 0.1) is 12.7 Å². The van der Waals surface area contributed by atoms with E-state index in [1.807, 2.05) is 30.3 Å². The van der Waals surface area contributed by atoms with Gasteiger partial charge in [0.25, 0.3) is 0 Å². The topological polar surface area (TPSA) is 64.6 Å². The molecule has 0 saturated carbocycles. The molecule has 2 aromatic carbocycles. The van der Waals surface area contributed by atoms with Crippen molar-refractivity contribution in [1.82, 2.24) is 0 Å². The molecule has 1 aliphatic rings. The third-order valence-electron chi connectivity index (χ3n) is 4.93. The average molecular weight is 407 g/mol. The highest BCUT2D eigenvalue weighted by atomic mass is 32.1. The molecule has 3 aromatic rings. The van der Waals surface area contributed by atoms with Gasteiger partial charge in [0.1, 0.15) is 17.4 Å². The van der Waals surface area contributed by atoms with E-state index in [4.69, 9.17) is 9.47 Å². The Labute approximate surface area is 173 Å². The first kappa shape index (κ1) is 19.2. The number of methoxy groups -OCH3 is 1. The molecular weight excluding hydrogens is 386 g/mol. The third-order valence-corrected chi connectivity index (χ3v) is 6.14. The van der Waals surface area contributed by atoms with Crippen LogP contribution in [0.4, 0.5) is 9.80 Å². The molecule has 148 valence electrons. The van der Waals surface area contributed by atoms with Crippen molar-refractivity contribution >= 4 is 28.2 Å². The number of anilines is 1. The first-order valence-electron chi connectivity index (χ1n) is 9.46. The summed E-state index contributed by atoms with van der Waals surface area (Å²) < 4.78 is 10.5. The van der Waals surface area contributed by atoms with Gasteiger partial charge in [0, 0.05) is 10.4 Å². The van der Waals surface area contributed by atoms with Crippen LogP contribution in [0.5, 0.6) is 5.75 Å². The van der Waals surface area contributed by atoms with E-state index in [2.05, 4.69) is 5.32 Å². The molecule has 0 fully saturated rings. The summed E-state index contributed by atoms with van der Waals surface area (Å²) >= 11 is 1.47. The summed E-state index contributed by atoms with van der Waals surface area (Å²) in [6.07, 6.45) is 2.26. The first-order valence-corrected chi connectivity index (χ1v) is 10.3. The van der Waals surface area contributed by atoms with Crippen LogP contribution < -0.4 is 10.1 Å². The van der Waals surface area contributed by atoms with Crippen LogP contribution in [0.15, 0.2) is 54.6 Å². The fourth-order valence-corrected chi connectivity index (χ4v) is 4.74. The molecule has 0 aliphatic heterocycles. The number of hydrogen-bond donors (Lipinski definition) is 1. The highest BCUT2D eigenvalue weighted by Gasteiger charge is 2.28. The predicted octanol–water partition coefficient (Wildman–Crippen LogP) is 5.23. The van der Waals surface area contributed by atoms with Crippen LogP contribution in [-0.2, 0) is 24.2 Å². The molecule has 0 saturated heterocycles. The number of thiophene rings is 1. The van der Waals surface area contributed by atoms with Gasteiger partial charge in [-0.25, -0.2) is 4.79 Å². The van der Waals surface area contributed by atoms with Crippen molar-refractivity contribution in [2.45, 2.75) is 25.9 Å². The van der Waals surface area contributed by atoms with Crippen molar-refractivity contribution in [3.05, 3.63) is 81.7 Å². The Balaban J connectivity index is 1.54. The Kier molecular flexibility index (Phi) is 5.62. The zero-order chi connectivity index (χ0) is 20.2. The molecular formula is C23H21NO4S. The maximum absolute atomic E-state index is 13.2. The summed E-state index contributed by atoms with van der Waals surface area (Å²) in [6, 6.07) is 16.5. The van der Waals surface area contributed by atoms with E-state index in [1.165, 1.54) is 16.2 Å². The largest absolute Gasteiger partial charge is 0.497 e. The second kappa shape index (κ2) is 8.49. The molecule has 6 heteroatoms. The van der Waals surface area contributed by atoms with E-state index < -0.39 is 6.09 Å². The van der Waals surface area contributed by atoms with Crippen molar-refractivity contribution in [3.63, 3.8) is 0 Å². The van der Waals surface area contributed by atoms with Crippen LogP contribution in [0.2, 0.25) is 0 Å². The van der Waals surface area contributed by atoms with Crippen LogP contribution in [0.1, 0.15) is 38.3 Å². The second-order valence-corrected chi connectivity index (χ2v) is 7.91. The quantitative estimate of drug-likeness (QED) is 0.569. The van der Waals surface area contributed by atoms with E-state index >= 15 is 0 Å². The summed E-state index contributed by atoms with van der Waals surface area (Å²) in [5.74, 6) is 0.602. The van der Waals surface area contributed by atoms with E-state index in [9.17, 15) is 9.59 Å². The number of fused-ring (bicyclic) bond motifs is 1. The lowest BCUT2D eigenvalue weighted by atomic mass is 10.0. The highest BCUT2D eigenvalue weighted by Crippen LogP contribution is 2.40. The molecule has 0 spiro atoms. The lowest BCUT2D eigenvalue weighted by Gasteiger charge is -2.09. The van der Waals surface area contributed by atoms with E-state index in [1.54, 1.807) is 31.4 Å². The van der Waals surface area contributed by atoms with Crippen LogP contribution in [0.25, 0.3) is 0 Å². The van der Waals surface area contributed by atoms with Crippen LogP contribution >= 0.6 is 11.3 Å². The fraction of sp³-hybridized carbons (Fsp3) is 0.217. The summed E-state index contributed by atoms with van der Waals surface area (Å²) in [7, 11) is 1.59. The second-order valence-electron chi connectivity index (χ2n) is 6.81. The van der Waals surface area contributed by atoms with Gasteiger partial charge in [-0.15, -0.1) is 11.3 Å². The monoisotopic (exact) mass is 407 g/mol. The van der Waals surface area contributed by atoms with Gasteiger partial charge < -0.3 is 9.47 Å². The summed E-state index contributed by atoms with van der Waals surface area (Å²) in [5, 5.41) is 3.36. The van der Waals surface area contributed by atoms with Crippen LogP contribution in [0.3, 0.4) is 0 Å². The number of rotatable bonds is 6. The first-order chi connectivity index (χ1) is 14.2. The van der Waals surface area contributed by atoms with E-state index in [0.717, 1.165) is 30.4 Å². The minimum Gasteiger partial charge on any atom is -0.497 e. The number of aryl methyl sites for hydroxylation is 1. The lowest BCUT2D eigenvalue weighted by Crippen LogP contribution is -2.15. The Bertz CT molecular complexity index is 1030. The number of ether oxygens (including phenoxy) is 2. The molecule has 0 unspecified atom stereocenters. The number of benzene rings is 2. The number of amides is 1. The molecule has 1 aromatic heterocycles. The zero-order valence-corrected chi connectivity index (χ0v) is 16.9. The number of carbonyl (C=O) groups excluding carboxylic acids is 2. The standard InChI is InChI=1S/C23H21NO4S/c1-27-17-12-10-16(11-13-17)21(25)20-18-8-5-9-19(18)29-22(20)24-23(26)28-14-15-6-3-2-4-7-15/h2-4,6-7,10-13H,5,8-9,14H2,1H3,(H,24,26). The van der Waals surface area contributed by atoms with E-state index in [-0.39, 0.29) is 12.4 Å². The molecule has 1 aliphatic carbocycles. The molecule has 1 N–H and O–H groups in total. The van der Waals surface area contributed by atoms with Gasteiger partial charge in [-0.2, -0.15) is 0 Å². The maximum atomic E-state index is 13.2. The minimum atomic E-state index is -0.558. The summed E-state index contributed by atoms with van der Waals surface area (Å²) in [5.41, 5.74) is 3.11. The van der Waals surface area contributed by atoms with Crippen molar-refractivity contribution in [2.75, 3.05) is 12.4 Å². The predicted molar refractivity (Wildman–Crippen MR) is 113 cm³/mol. The molecule has 0 bridgehead atoms. The van der Waals surface area contributed by atoms with Crippen molar-refractivity contribution in [3.8, 4) is 5.75 Å². The van der Waals surface area contributed by atoms with Crippen LogP contribution in [-0.4, -0.2) is 19.0 Å². The average Bonchev–Trinajstić information content (AvgIpc) is 3.33. The van der Waals surface area contributed by atoms with Gasteiger partial charge in [-0.1, -0.05) is 30.3 Å². The van der Waals surface area contributed by atoms with Gasteiger partial charge in [-0.3, -0.25) is 10.1 Å². The molecule has 0 atom stereocenters. The molecule has 1 heterocycles. The Hall–Kier alpha value is -3.12. The molecule has 4 rings (SSSR count). The zero-order valence-electron chi connectivity index (χ0n) is 16.1. The third kappa shape index (κ3) is 4.17. The smallest absolute Gasteiger partial charge is 0.412 e. The highest BCUT2D eigenvalue weighted by molar-refractivity contribution is 7.17. The van der Waals surface area contributed by atoms with E-state index in [0.29, 0.717) is 21.9 Å². The summed E-state index contributed by atoms with van der Waals surface area (Å²) in [6.45, 7) is 0.180. The number of nitrogens with one attached hydrogen (secondary N) is 1. The van der Waals surface area contributed by atoms with Crippen molar-refractivity contribution in [1.29, 1.82) is 0 Å². The number of hydrogen-bond acceptors (Lipinski definition) is 5. The van der Waals surface area contributed by atoms with Crippen molar-refractivity contribution < 1.29 is 19.1 Å². The minimum absolute atomic E-state index is 0.0922. The van der Waals surface area contributed by atoms with Gasteiger partial charge in [-0.05, 0) is 54.7 Å². The van der Waals surface area contributed by atoms with Gasteiger partial charge >= 0.3 is 6.09 Å². The molecule has 29 heavy (non-hydrogen) atoms. The fourth-order valence-electron chi connectivity index (χ4n) is 3.47. The summed E-state index contributed by atoms with van der Waals surface area (Å²) in [4.78, 5) is 26.7. The molecule has 5 nitrogen and oxygen atoms in total. The van der Waals surface area contributed by atoms with Crippen molar-refractivity contribution in [2.24, 2.45) is 0 Å². The Morgan fingerprint density at radius 2 is 1.79 bits per heavy atom. The molecule has 1 amide bonds. The van der Waals surface area contributed by atoms with Gasteiger partial charge in [0.2, 0.25) is 0 Å². The lowest BCUT2D eigenvalue weighted by molar-refractivity contribution is 0.103. The Morgan fingerprint density at radius 3 is 2.52 bits per heavy atom. The normalized spacial score (nSPS) is 12.3. The van der Waals surface area contributed by atoms with Crippen LogP contribution in [0, 0.1) is 0 Å².